The Hall–Kier alpha value is -2.57. The summed E-state index contributed by atoms with van der Waals surface area (Å²) in [5.41, 5.74) is 2.62. The molecule has 3 aromatic rings. The van der Waals surface area contributed by atoms with Gasteiger partial charge in [0.1, 0.15) is 17.2 Å². The van der Waals surface area contributed by atoms with E-state index >= 15 is 0 Å². The predicted octanol–water partition coefficient (Wildman–Crippen LogP) is 4.72. The highest BCUT2D eigenvalue weighted by Gasteiger charge is 2.28. The van der Waals surface area contributed by atoms with Crippen LogP contribution in [-0.4, -0.2) is 21.2 Å². The van der Waals surface area contributed by atoms with Crippen molar-refractivity contribution in [1.29, 1.82) is 0 Å². The molecule has 2 aromatic carbocycles. The summed E-state index contributed by atoms with van der Waals surface area (Å²) in [6.07, 6.45) is 0.743. The van der Waals surface area contributed by atoms with Crippen LogP contribution in [0.25, 0.3) is 16.9 Å². The second-order valence-corrected chi connectivity index (χ2v) is 6.42. The summed E-state index contributed by atoms with van der Waals surface area (Å²) in [6, 6.07) is 11.8. The van der Waals surface area contributed by atoms with E-state index in [2.05, 4.69) is 10.4 Å². The summed E-state index contributed by atoms with van der Waals surface area (Å²) in [6.45, 7) is 0.725. The van der Waals surface area contributed by atoms with Crippen LogP contribution < -0.4 is 5.32 Å². The van der Waals surface area contributed by atoms with E-state index in [0.29, 0.717) is 27.0 Å². The molecular formula is C17H12Cl2N4O2. The number of rotatable bonds is 3. The molecule has 1 aromatic heterocycles. The predicted molar refractivity (Wildman–Crippen MR) is 97.9 cm³/mol. The molecule has 126 valence electrons. The Morgan fingerprint density at radius 2 is 1.84 bits per heavy atom. The Morgan fingerprint density at radius 1 is 1.12 bits per heavy atom. The largest absolute Gasteiger partial charge is 0.369 e. The number of anilines is 1. The smallest absolute Gasteiger partial charge is 0.294 e. The van der Waals surface area contributed by atoms with Crippen LogP contribution in [0.4, 0.5) is 11.5 Å². The summed E-state index contributed by atoms with van der Waals surface area (Å²) < 4.78 is 1.56. The maximum absolute atomic E-state index is 11.4. The first-order valence-electron chi connectivity index (χ1n) is 7.62. The van der Waals surface area contributed by atoms with Gasteiger partial charge in [0.25, 0.3) is 5.69 Å². The zero-order valence-electron chi connectivity index (χ0n) is 12.9. The van der Waals surface area contributed by atoms with Crippen molar-refractivity contribution in [3.05, 3.63) is 68.2 Å². The zero-order valence-corrected chi connectivity index (χ0v) is 14.4. The minimum Gasteiger partial charge on any atom is -0.369 e. The lowest BCUT2D eigenvalue weighted by atomic mass is 10.1. The minimum atomic E-state index is -0.416. The van der Waals surface area contributed by atoms with Crippen molar-refractivity contribution in [3.63, 3.8) is 0 Å². The van der Waals surface area contributed by atoms with E-state index in [-0.39, 0.29) is 5.69 Å². The molecule has 0 fully saturated rings. The van der Waals surface area contributed by atoms with E-state index < -0.39 is 4.92 Å². The number of hydrogen-bond donors (Lipinski definition) is 1. The number of halogens is 2. The molecule has 2 heterocycles. The van der Waals surface area contributed by atoms with Crippen LogP contribution in [0.1, 0.15) is 5.56 Å². The topological polar surface area (TPSA) is 73.0 Å². The number of fused-ring (bicyclic) bond motifs is 1. The van der Waals surface area contributed by atoms with E-state index in [4.69, 9.17) is 23.2 Å². The number of nitro groups is 1. The molecule has 0 spiro atoms. The van der Waals surface area contributed by atoms with Gasteiger partial charge in [-0.05, 0) is 24.6 Å². The Labute approximate surface area is 153 Å². The highest BCUT2D eigenvalue weighted by atomic mass is 35.5. The molecule has 0 bridgehead atoms. The third kappa shape index (κ3) is 2.54. The third-order valence-corrected chi connectivity index (χ3v) is 4.79. The van der Waals surface area contributed by atoms with Gasteiger partial charge in [0, 0.05) is 23.7 Å². The van der Waals surface area contributed by atoms with Gasteiger partial charge < -0.3 is 5.32 Å². The molecular weight excluding hydrogens is 363 g/mol. The average molecular weight is 375 g/mol. The number of hydrogen-bond acceptors (Lipinski definition) is 4. The van der Waals surface area contributed by atoms with Crippen LogP contribution in [-0.2, 0) is 6.42 Å². The average Bonchev–Trinajstić information content (AvgIpc) is 3.18. The lowest BCUT2D eigenvalue weighted by molar-refractivity contribution is -0.384. The molecule has 0 saturated heterocycles. The molecule has 0 unspecified atom stereocenters. The minimum absolute atomic E-state index is 0.0155. The molecule has 1 aliphatic rings. The Morgan fingerprint density at radius 3 is 2.56 bits per heavy atom. The number of para-hydroxylation sites is 2. The molecule has 4 rings (SSSR count). The van der Waals surface area contributed by atoms with Gasteiger partial charge in [-0.15, -0.1) is 0 Å². The number of benzene rings is 2. The summed E-state index contributed by atoms with van der Waals surface area (Å²) in [7, 11) is 0. The second kappa shape index (κ2) is 6.06. The van der Waals surface area contributed by atoms with Gasteiger partial charge >= 0.3 is 0 Å². The Bertz CT molecular complexity index is 980. The van der Waals surface area contributed by atoms with E-state index in [1.54, 1.807) is 41.1 Å². The lowest BCUT2D eigenvalue weighted by Gasteiger charge is -2.07. The summed E-state index contributed by atoms with van der Waals surface area (Å²) in [5, 5.41) is 20.2. The molecule has 6 nitrogen and oxygen atoms in total. The molecule has 0 saturated carbocycles. The summed E-state index contributed by atoms with van der Waals surface area (Å²) >= 11 is 12.7. The fourth-order valence-electron chi connectivity index (χ4n) is 3.07. The molecule has 0 atom stereocenters. The van der Waals surface area contributed by atoms with Crippen molar-refractivity contribution in [2.45, 2.75) is 6.42 Å². The second-order valence-electron chi connectivity index (χ2n) is 5.61. The molecule has 0 amide bonds. The standard InChI is InChI=1S/C17H12Cl2N4O2/c18-11-4-3-5-12(19)15(11)16-10-8-9-20-17(10)22(21-16)13-6-1-2-7-14(13)23(24)25/h1-7,20H,8-9H2. The van der Waals surface area contributed by atoms with Crippen molar-refractivity contribution in [3.8, 4) is 16.9 Å². The van der Waals surface area contributed by atoms with Crippen molar-refractivity contribution in [2.75, 3.05) is 11.9 Å². The van der Waals surface area contributed by atoms with E-state index in [9.17, 15) is 10.1 Å². The monoisotopic (exact) mass is 374 g/mol. The first-order chi connectivity index (χ1) is 12.1. The molecule has 25 heavy (non-hydrogen) atoms. The van der Waals surface area contributed by atoms with Crippen LogP contribution >= 0.6 is 23.2 Å². The van der Waals surface area contributed by atoms with Crippen molar-refractivity contribution >= 4 is 34.7 Å². The number of nitrogens with zero attached hydrogens (tertiary/aromatic N) is 3. The van der Waals surface area contributed by atoms with Gasteiger partial charge in [0.2, 0.25) is 0 Å². The van der Waals surface area contributed by atoms with Crippen molar-refractivity contribution in [1.82, 2.24) is 9.78 Å². The van der Waals surface area contributed by atoms with Gasteiger partial charge in [-0.3, -0.25) is 10.1 Å². The fourth-order valence-corrected chi connectivity index (χ4v) is 3.65. The first kappa shape index (κ1) is 15.9. The highest BCUT2D eigenvalue weighted by molar-refractivity contribution is 6.39. The van der Waals surface area contributed by atoms with Crippen LogP contribution in [0.3, 0.4) is 0 Å². The van der Waals surface area contributed by atoms with E-state index in [1.807, 2.05) is 0 Å². The van der Waals surface area contributed by atoms with Crippen molar-refractivity contribution in [2.24, 2.45) is 0 Å². The third-order valence-electron chi connectivity index (χ3n) is 4.16. The van der Waals surface area contributed by atoms with Gasteiger partial charge in [-0.25, -0.2) is 4.68 Å². The molecule has 0 radical (unpaired) electrons. The highest BCUT2D eigenvalue weighted by Crippen LogP contribution is 2.41. The van der Waals surface area contributed by atoms with Crippen LogP contribution in [0.2, 0.25) is 10.0 Å². The van der Waals surface area contributed by atoms with Gasteiger partial charge in [0.05, 0.1) is 15.0 Å². The van der Waals surface area contributed by atoms with Crippen molar-refractivity contribution < 1.29 is 4.92 Å². The molecule has 8 heteroatoms. The summed E-state index contributed by atoms with van der Waals surface area (Å²) in [4.78, 5) is 11.0. The van der Waals surface area contributed by atoms with E-state index in [0.717, 1.165) is 24.3 Å². The van der Waals surface area contributed by atoms with Crippen LogP contribution in [0.5, 0.6) is 0 Å². The molecule has 0 aliphatic carbocycles. The van der Waals surface area contributed by atoms with Gasteiger partial charge in [0.15, 0.2) is 0 Å². The zero-order chi connectivity index (χ0) is 17.6. The Balaban J connectivity index is 1.98. The van der Waals surface area contributed by atoms with E-state index in [1.165, 1.54) is 6.07 Å². The molecule has 1 aliphatic heterocycles. The van der Waals surface area contributed by atoms with Crippen LogP contribution in [0, 0.1) is 10.1 Å². The first-order valence-corrected chi connectivity index (χ1v) is 8.37. The maximum atomic E-state index is 11.4. The number of nitro benzene ring substituents is 1. The Kier molecular flexibility index (Phi) is 3.86. The number of nitrogens with one attached hydrogen (secondary N) is 1. The quantitative estimate of drug-likeness (QED) is 0.531. The number of aromatic nitrogens is 2. The lowest BCUT2D eigenvalue weighted by Crippen LogP contribution is -2.06. The normalized spacial score (nSPS) is 12.7. The maximum Gasteiger partial charge on any atom is 0.294 e. The van der Waals surface area contributed by atoms with Crippen LogP contribution in [0.15, 0.2) is 42.5 Å². The van der Waals surface area contributed by atoms with Gasteiger partial charge in [-0.1, -0.05) is 41.4 Å². The fraction of sp³-hybridized carbons (Fsp3) is 0.118. The molecule has 1 N–H and O–H groups in total. The van der Waals surface area contributed by atoms with Gasteiger partial charge in [-0.2, -0.15) is 5.10 Å². The SMILES string of the molecule is O=[N+]([O-])c1ccccc1-n1nc(-c2c(Cl)cccc2Cl)c2c1NCC2. The summed E-state index contributed by atoms with van der Waals surface area (Å²) in [5.74, 6) is 0.736.